The maximum atomic E-state index is 12.2. The Balaban J connectivity index is 1.67. The molecular formula is C16H15N3O3. The second kappa shape index (κ2) is 6.17. The molecule has 1 amide bonds. The Hall–Kier alpha value is -3.02. The summed E-state index contributed by atoms with van der Waals surface area (Å²) in [5.41, 5.74) is 1.98. The number of hydrogen-bond donors (Lipinski definition) is 2. The number of H-pyrrole nitrogens is 1. The van der Waals surface area contributed by atoms with Crippen LogP contribution in [-0.2, 0) is 0 Å². The molecule has 0 bridgehead atoms. The number of aromatic amines is 1. The minimum absolute atomic E-state index is 0.0454. The minimum atomic E-state index is -0.232. The molecule has 0 atom stereocenters. The molecule has 0 radical (unpaired) electrons. The van der Waals surface area contributed by atoms with Crippen LogP contribution in [0.3, 0.4) is 0 Å². The zero-order valence-electron chi connectivity index (χ0n) is 12.0. The monoisotopic (exact) mass is 297 g/mol. The van der Waals surface area contributed by atoms with Crippen molar-refractivity contribution in [3.05, 3.63) is 54.4 Å². The number of nitrogens with one attached hydrogen (secondary N) is 2. The van der Waals surface area contributed by atoms with Gasteiger partial charge in [0.15, 0.2) is 18.2 Å². The summed E-state index contributed by atoms with van der Waals surface area (Å²) in [4.78, 5) is 19.3. The maximum absolute atomic E-state index is 12.2. The number of amides is 1. The summed E-state index contributed by atoms with van der Waals surface area (Å²) < 4.78 is 10.7. The molecule has 2 N–H and O–H groups in total. The van der Waals surface area contributed by atoms with E-state index in [2.05, 4.69) is 15.3 Å². The summed E-state index contributed by atoms with van der Waals surface area (Å²) in [5.74, 6) is 0.960. The van der Waals surface area contributed by atoms with Crippen molar-refractivity contribution < 1.29 is 14.3 Å². The first-order chi connectivity index (χ1) is 10.8. The molecule has 22 heavy (non-hydrogen) atoms. The Morgan fingerprint density at radius 1 is 1.18 bits per heavy atom. The van der Waals surface area contributed by atoms with Crippen LogP contribution in [-0.4, -0.2) is 29.7 Å². The number of imidazole rings is 1. The van der Waals surface area contributed by atoms with Crippen LogP contribution in [0.2, 0.25) is 0 Å². The Labute approximate surface area is 127 Å². The molecule has 0 unspecified atom stereocenters. The van der Waals surface area contributed by atoms with Crippen molar-refractivity contribution in [3.8, 4) is 11.5 Å². The van der Waals surface area contributed by atoms with E-state index in [4.69, 9.17) is 9.47 Å². The molecule has 6 heteroatoms. The van der Waals surface area contributed by atoms with E-state index in [1.165, 1.54) is 0 Å². The summed E-state index contributed by atoms with van der Waals surface area (Å²) in [5, 5.41) is 2.72. The third-order valence-electron chi connectivity index (χ3n) is 3.23. The second-order valence-electron chi connectivity index (χ2n) is 4.55. The zero-order chi connectivity index (χ0) is 15.4. The van der Waals surface area contributed by atoms with Crippen molar-refractivity contribution in [2.24, 2.45) is 0 Å². The molecule has 0 saturated carbocycles. The lowest BCUT2D eigenvalue weighted by Crippen LogP contribution is -2.28. The number of aromatic nitrogens is 2. The SMILES string of the molecule is COc1ccccc1OCNC(=O)c1cccc2nc[nH]c12. The van der Waals surface area contributed by atoms with Crippen LogP contribution >= 0.6 is 0 Å². The van der Waals surface area contributed by atoms with Gasteiger partial charge in [0.05, 0.1) is 30.0 Å². The Morgan fingerprint density at radius 3 is 2.82 bits per heavy atom. The predicted molar refractivity (Wildman–Crippen MR) is 82.0 cm³/mol. The molecule has 3 rings (SSSR count). The number of carbonyl (C=O) groups excluding carboxylic acids is 1. The fourth-order valence-corrected chi connectivity index (χ4v) is 2.17. The Morgan fingerprint density at radius 2 is 2.00 bits per heavy atom. The third-order valence-corrected chi connectivity index (χ3v) is 3.23. The largest absolute Gasteiger partial charge is 0.493 e. The zero-order valence-corrected chi connectivity index (χ0v) is 12.0. The molecule has 0 aliphatic heterocycles. The van der Waals surface area contributed by atoms with E-state index in [1.807, 2.05) is 18.2 Å². The average Bonchev–Trinajstić information content (AvgIpc) is 3.03. The highest BCUT2D eigenvalue weighted by Gasteiger charge is 2.11. The van der Waals surface area contributed by atoms with E-state index in [0.717, 1.165) is 5.52 Å². The normalized spacial score (nSPS) is 10.4. The van der Waals surface area contributed by atoms with Gasteiger partial charge >= 0.3 is 0 Å². The summed E-state index contributed by atoms with van der Waals surface area (Å²) in [6, 6.07) is 12.6. The van der Waals surface area contributed by atoms with Gasteiger partial charge in [-0.1, -0.05) is 18.2 Å². The number of benzene rings is 2. The summed E-state index contributed by atoms with van der Waals surface area (Å²) >= 11 is 0. The molecule has 1 aromatic heterocycles. The van der Waals surface area contributed by atoms with Gasteiger partial charge in [0.2, 0.25) is 0 Å². The van der Waals surface area contributed by atoms with Gasteiger partial charge in [0, 0.05) is 0 Å². The van der Waals surface area contributed by atoms with Crippen molar-refractivity contribution in [1.82, 2.24) is 15.3 Å². The smallest absolute Gasteiger partial charge is 0.256 e. The lowest BCUT2D eigenvalue weighted by Gasteiger charge is -2.11. The fourth-order valence-electron chi connectivity index (χ4n) is 2.17. The van der Waals surface area contributed by atoms with Crippen LogP contribution in [0.4, 0.5) is 0 Å². The van der Waals surface area contributed by atoms with Crippen LogP contribution in [0.25, 0.3) is 11.0 Å². The average molecular weight is 297 g/mol. The van der Waals surface area contributed by atoms with Crippen molar-refractivity contribution >= 4 is 16.9 Å². The van der Waals surface area contributed by atoms with Crippen LogP contribution in [0.5, 0.6) is 11.5 Å². The van der Waals surface area contributed by atoms with E-state index in [-0.39, 0.29) is 12.6 Å². The highest BCUT2D eigenvalue weighted by atomic mass is 16.5. The van der Waals surface area contributed by atoms with Gasteiger partial charge in [-0.15, -0.1) is 0 Å². The lowest BCUT2D eigenvalue weighted by molar-refractivity contribution is 0.0919. The van der Waals surface area contributed by atoms with Gasteiger partial charge in [-0.2, -0.15) is 0 Å². The second-order valence-corrected chi connectivity index (χ2v) is 4.55. The van der Waals surface area contributed by atoms with Crippen molar-refractivity contribution in [2.45, 2.75) is 0 Å². The first-order valence-corrected chi connectivity index (χ1v) is 6.75. The molecule has 0 fully saturated rings. The topological polar surface area (TPSA) is 76.2 Å². The Bertz CT molecular complexity index is 798. The maximum Gasteiger partial charge on any atom is 0.256 e. The molecule has 0 spiro atoms. The first kappa shape index (κ1) is 13.9. The van der Waals surface area contributed by atoms with E-state index in [1.54, 1.807) is 37.7 Å². The molecule has 0 aliphatic rings. The number of ether oxygens (including phenoxy) is 2. The van der Waals surface area contributed by atoms with Gasteiger partial charge in [-0.3, -0.25) is 4.79 Å². The molecular weight excluding hydrogens is 282 g/mol. The van der Waals surface area contributed by atoms with Gasteiger partial charge in [-0.05, 0) is 24.3 Å². The summed E-state index contributed by atoms with van der Waals surface area (Å²) in [6.07, 6.45) is 1.56. The van der Waals surface area contributed by atoms with Crippen LogP contribution in [0.1, 0.15) is 10.4 Å². The summed E-state index contributed by atoms with van der Waals surface area (Å²) in [6.45, 7) is 0.0454. The number of para-hydroxylation sites is 3. The first-order valence-electron chi connectivity index (χ1n) is 6.75. The van der Waals surface area contributed by atoms with Crippen molar-refractivity contribution in [2.75, 3.05) is 13.8 Å². The molecule has 3 aromatic rings. The number of rotatable bonds is 5. The fraction of sp³-hybridized carbons (Fsp3) is 0.125. The molecule has 6 nitrogen and oxygen atoms in total. The Kier molecular flexibility index (Phi) is 3.91. The lowest BCUT2D eigenvalue weighted by atomic mass is 10.2. The number of fused-ring (bicyclic) bond motifs is 1. The summed E-state index contributed by atoms with van der Waals surface area (Å²) in [7, 11) is 1.57. The highest BCUT2D eigenvalue weighted by molar-refractivity contribution is 6.04. The molecule has 0 saturated heterocycles. The van der Waals surface area contributed by atoms with Gasteiger partial charge in [-0.25, -0.2) is 4.98 Å². The minimum Gasteiger partial charge on any atom is -0.493 e. The number of nitrogens with zero attached hydrogens (tertiary/aromatic N) is 1. The van der Waals surface area contributed by atoms with Crippen molar-refractivity contribution in [1.29, 1.82) is 0 Å². The number of methoxy groups -OCH3 is 1. The van der Waals surface area contributed by atoms with Crippen LogP contribution in [0, 0.1) is 0 Å². The van der Waals surface area contributed by atoms with Crippen molar-refractivity contribution in [3.63, 3.8) is 0 Å². The van der Waals surface area contributed by atoms with Gasteiger partial charge < -0.3 is 19.8 Å². The van der Waals surface area contributed by atoms with E-state index in [9.17, 15) is 4.79 Å². The van der Waals surface area contributed by atoms with E-state index in [0.29, 0.717) is 22.6 Å². The van der Waals surface area contributed by atoms with Gasteiger partial charge in [0.25, 0.3) is 5.91 Å². The van der Waals surface area contributed by atoms with E-state index < -0.39 is 0 Å². The third kappa shape index (κ3) is 2.71. The van der Waals surface area contributed by atoms with Crippen LogP contribution < -0.4 is 14.8 Å². The molecule has 2 aromatic carbocycles. The predicted octanol–water partition coefficient (Wildman–Crippen LogP) is 2.34. The molecule has 0 aliphatic carbocycles. The van der Waals surface area contributed by atoms with Crippen LogP contribution in [0.15, 0.2) is 48.8 Å². The molecule has 1 heterocycles. The van der Waals surface area contributed by atoms with E-state index >= 15 is 0 Å². The molecule has 112 valence electrons. The standard InChI is InChI=1S/C16H15N3O3/c1-21-13-7-2-3-8-14(13)22-10-19-16(20)11-5-4-6-12-15(11)18-9-17-12/h2-9H,10H2,1H3,(H,17,18)(H,19,20). The quantitative estimate of drug-likeness (QED) is 0.709. The number of hydrogen-bond acceptors (Lipinski definition) is 4. The highest BCUT2D eigenvalue weighted by Crippen LogP contribution is 2.25. The number of carbonyl (C=O) groups is 1. The van der Waals surface area contributed by atoms with Gasteiger partial charge in [0.1, 0.15) is 0 Å².